The predicted octanol–water partition coefficient (Wildman–Crippen LogP) is 7.06. The van der Waals surface area contributed by atoms with Crippen LogP contribution in [0, 0.1) is 0 Å². The fraction of sp³-hybridized carbons (Fsp3) is 0.548. The fourth-order valence-electron chi connectivity index (χ4n) is 4.65. The van der Waals surface area contributed by atoms with E-state index in [0.29, 0.717) is 19.4 Å². The van der Waals surface area contributed by atoms with E-state index in [1.165, 1.54) is 10.4 Å². The van der Waals surface area contributed by atoms with Gasteiger partial charge in [-0.05, 0) is 59.2 Å². The Bertz CT molecular complexity index is 875. The zero-order valence-electron chi connectivity index (χ0n) is 24.0. The highest BCUT2D eigenvalue weighted by Crippen LogP contribution is 2.39. The molecule has 0 aliphatic heterocycles. The molecule has 0 saturated heterocycles. The zero-order valence-corrected chi connectivity index (χ0v) is 26.0. The predicted molar refractivity (Wildman–Crippen MR) is 160 cm³/mol. The summed E-state index contributed by atoms with van der Waals surface area (Å²) in [6.07, 6.45) is 4.45. The van der Waals surface area contributed by atoms with E-state index in [2.05, 4.69) is 122 Å². The van der Waals surface area contributed by atoms with Crippen LogP contribution in [0.15, 0.2) is 73.3 Å². The second-order valence-electron chi connectivity index (χ2n) is 12.6. The van der Waals surface area contributed by atoms with Crippen molar-refractivity contribution in [2.24, 2.45) is 0 Å². The summed E-state index contributed by atoms with van der Waals surface area (Å²) in [7, 11) is -4.54. The third-order valence-corrected chi connectivity index (χ3v) is 17.3. The van der Waals surface area contributed by atoms with Crippen molar-refractivity contribution in [3.05, 3.63) is 73.3 Å². The summed E-state index contributed by atoms with van der Waals surface area (Å²) in [5.41, 5.74) is 0. The van der Waals surface area contributed by atoms with Gasteiger partial charge in [-0.3, -0.25) is 0 Å². The van der Waals surface area contributed by atoms with Gasteiger partial charge >= 0.3 is 0 Å². The van der Waals surface area contributed by atoms with Crippen LogP contribution in [0.1, 0.15) is 67.2 Å². The SMILES string of the molecule is C=CCC(O)CCC(CCO[Si](c1ccccc1)(c1ccccc1)C(C)(C)C)O[Si](C)(C)C(C)(C)C. The molecule has 0 aliphatic rings. The first-order valence-corrected chi connectivity index (χ1v) is 18.3. The smallest absolute Gasteiger partial charge is 0.261 e. The summed E-state index contributed by atoms with van der Waals surface area (Å²) in [4.78, 5) is 0. The number of rotatable bonds is 13. The Kier molecular flexibility index (Phi) is 10.9. The Morgan fingerprint density at radius 2 is 1.31 bits per heavy atom. The maximum atomic E-state index is 10.4. The molecule has 2 rings (SSSR count). The molecule has 200 valence electrons. The number of hydrogen-bond acceptors (Lipinski definition) is 3. The Morgan fingerprint density at radius 1 is 0.806 bits per heavy atom. The summed E-state index contributed by atoms with van der Waals surface area (Å²) < 4.78 is 14.0. The first kappa shape index (κ1) is 30.7. The molecule has 2 aromatic rings. The lowest BCUT2D eigenvalue weighted by molar-refractivity contribution is 0.103. The van der Waals surface area contributed by atoms with Gasteiger partial charge in [0.1, 0.15) is 0 Å². The van der Waals surface area contributed by atoms with Gasteiger partial charge in [0.15, 0.2) is 8.32 Å². The minimum absolute atomic E-state index is 0.0500. The lowest BCUT2D eigenvalue weighted by Crippen LogP contribution is -2.66. The molecule has 0 aliphatic carbocycles. The van der Waals surface area contributed by atoms with E-state index in [1.807, 2.05) is 0 Å². The number of aliphatic hydroxyl groups is 1. The molecule has 3 nitrogen and oxygen atoms in total. The van der Waals surface area contributed by atoms with Crippen molar-refractivity contribution in [2.75, 3.05) is 6.61 Å². The average molecular weight is 527 g/mol. The summed E-state index contributed by atoms with van der Waals surface area (Å²) in [6, 6.07) is 21.6. The second-order valence-corrected chi connectivity index (χ2v) is 21.6. The van der Waals surface area contributed by atoms with Crippen LogP contribution < -0.4 is 10.4 Å². The van der Waals surface area contributed by atoms with Crippen LogP contribution >= 0.6 is 0 Å². The number of aliphatic hydroxyl groups excluding tert-OH is 1. The molecule has 0 amide bonds. The Balaban J connectivity index is 2.34. The van der Waals surface area contributed by atoms with E-state index >= 15 is 0 Å². The van der Waals surface area contributed by atoms with Crippen LogP contribution in [-0.4, -0.2) is 40.6 Å². The molecule has 0 bridgehead atoms. The van der Waals surface area contributed by atoms with Crippen LogP contribution in [0.5, 0.6) is 0 Å². The number of benzene rings is 2. The summed E-state index contributed by atoms with van der Waals surface area (Å²) in [6.45, 7) is 22.8. The van der Waals surface area contributed by atoms with E-state index in [-0.39, 0.29) is 22.3 Å². The third-order valence-electron chi connectivity index (χ3n) is 7.70. The monoisotopic (exact) mass is 526 g/mol. The molecule has 2 aromatic carbocycles. The van der Waals surface area contributed by atoms with Gasteiger partial charge in [0.05, 0.1) is 6.10 Å². The van der Waals surface area contributed by atoms with Crippen molar-refractivity contribution in [1.82, 2.24) is 0 Å². The Labute approximate surface area is 223 Å². The van der Waals surface area contributed by atoms with Crippen molar-refractivity contribution < 1.29 is 14.0 Å². The maximum absolute atomic E-state index is 10.4. The molecule has 0 spiro atoms. The van der Waals surface area contributed by atoms with Crippen molar-refractivity contribution in [3.63, 3.8) is 0 Å². The highest BCUT2D eigenvalue weighted by molar-refractivity contribution is 6.99. The molecular weight excluding hydrogens is 477 g/mol. The van der Waals surface area contributed by atoms with Crippen LogP contribution in [0.3, 0.4) is 0 Å². The summed E-state index contributed by atoms with van der Waals surface area (Å²) in [5, 5.41) is 13.1. The van der Waals surface area contributed by atoms with Crippen molar-refractivity contribution >= 4 is 27.0 Å². The average Bonchev–Trinajstić information content (AvgIpc) is 2.80. The van der Waals surface area contributed by atoms with E-state index in [4.69, 9.17) is 8.85 Å². The molecule has 2 atom stereocenters. The normalized spacial score (nSPS) is 14.9. The standard InChI is InChI=1S/C31H50O3Si2/c1-10-17-26(32)22-23-27(34-35(8,9)30(2,3)4)24-25-33-36(31(5,6)7,28-18-13-11-14-19-28)29-20-15-12-16-21-29/h10-16,18-21,26-27,32H,1,17,22-25H2,2-9H3. The Morgan fingerprint density at radius 3 is 1.72 bits per heavy atom. The first-order chi connectivity index (χ1) is 16.7. The maximum Gasteiger partial charge on any atom is 0.261 e. The topological polar surface area (TPSA) is 38.7 Å². The van der Waals surface area contributed by atoms with Gasteiger partial charge in [0.2, 0.25) is 0 Å². The van der Waals surface area contributed by atoms with E-state index in [1.54, 1.807) is 6.08 Å². The highest BCUT2D eigenvalue weighted by Gasteiger charge is 2.50. The fourth-order valence-corrected chi connectivity index (χ4v) is 10.7. The van der Waals surface area contributed by atoms with Gasteiger partial charge < -0.3 is 14.0 Å². The minimum atomic E-state index is -2.58. The minimum Gasteiger partial charge on any atom is -0.414 e. The van der Waals surface area contributed by atoms with E-state index in [0.717, 1.165) is 12.8 Å². The number of hydrogen-bond donors (Lipinski definition) is 1. The van der Waals surface area contributed by atoms with Crippen LogP contribution in [0.4, 0.5) is 0 Å². The molecule has 0 aromatic heterocycles. The molecule has 0 heterocycles. The summed E-state index contributed by atoms with van der Waals surface area (Å²) in [5.74, 6) is 0. The van der Waals surface area contributed by atoms with Gasteiger partial charge in [-0.15, -0.1) is 6.58 Å². The van der Waals surface area contributed by atoms with Gasteiger partial charge in [-0.1, -0.05) is 108 Å². The van der Waals surface area contributed by atoms with E-state index in [9.17, 15) is 5.11 Å². The lowest BCUT2D eigenvalue weighted by Gasteiger charge is -2.44. The summed E-state index contributed by atoms with van der Waals surface area (Å²) >= 11 is 0. The van der Waals surface area contributed by atoms with Gasteiger partial charge in [-0.25, -0.2) is 0 Å². The Hall–Kier alpha value is -1.51. The molecule has 0 saturated carbocycles. The van der Waals surface area contributed by atoms with Crippen molar-refractivity contribution in [2.45, 2.75) is 103 Å². The molecule has 5 heteroatoms. The van der Waals surface area contributed by atoms with Gasteiger partial charge in [0, 0.05) is 12.7 Å². The second kappa shape index (κ2) is 12.8. The highest BCUT2D eigenvalue weighted by atomic mass is 28.4. The van der Waals surface area contributed by atoms with Crippen molar-refractivity contribution in [3.8, 4) is 0 Å². The third kappa shape index (κ3) is 7.75. The van der Waals surface area contributed by atoms with Crippen LogP contribution in [-0.2, 0) is 8.85 Å². The molecule has 2 unspecified atom stereocenters. The quantitative estimate of drug-likeness (QED) is 0.224. The van der Waals surface area contributed by atoms with Crippen LogP contribution in [0.25, 0.3) is 0 Å². The van der Waals surface area contributed by atoms with Gasteiger partial charge in [0.25, 0.3) is 8.32 Å². The molecule has 0 radical (unpaired) electrons. The molecule has 36 heavy (non-hydrogen) atoms. The van der Waals surface area contributed by atoms with E-state index < -0.39 is 16.6 Å². The molecule has 1 N–H and O–H groups in total. The largest absolute Gasteiger partial charge is 0.414 e. The van der Waals surface area contributed by atoms with Crippen LogP contribution in [0.2, 0.25) is 23.2 Å². The molecule has 0 fully saturated rings. The lowest BCUT2D eigenvalue weighted by atomic mass is 10.1. The molecular formula is C31H50O3Si2. The zero-order chi connectivity index (χ0) is 27.0. The first-order valence-electron chi connectivity index (χ1n) is 13.5. The van der Waals surface area contributed by atoms with Gasteiger partial charge in [-0.2, -0.15) is 0 Å². The van der Waals surface area contributed by atoms with Crippen molar-refractivity contribution in [1.29, 1.82) is 0 Å².